The summed E-state index contributed by atoms with van der Waals surface area (Å²) in [5, 5.41) is 18.0. The maximum Gasteiger partial charge on any atom is 0.278 e. The third-order valence-electron chi connectivity index (χ3n) is 2.53. The molecule has 7 heteroatoms. The number of para-hydroxylation sites is 2. The zero-order valence-electron chi connectivity index (χ0n) is 10.9. The predicted octanol–water partition coefficient (Wildman–Crippen LogP) is 2.92. The number of rotatable bonds is 4. The van der Waals surface area contributed by atoms with Gasteiger partial charge in [0.1, 0.15) is 0 Å². The average molecular weight is 300 g/mol. The lowest BCUT2D eigenvalue weighted by Gasteiger charge is -2.06. The number of nitrogens with zero attached hydrogens (tertiary/aromatic N) is 2. The molecule has 2 aromatic carbocycles. The van der Waals surface area contributed by atoms with Crippen molar-refractivity contribution in [2.75, 3.05) is 5.32 Å². The molecule has 0 fully saturated rings. The lowest BCUT2D eigenvalue weighted by atomic mass is 10.2. The molecule has 0 unspecified atom stereocenters. The van der Waals surface area contributed by atoms with Crippen molar-refractivity contribution in [3.63, 3.8) is 0 Å². The number of nitro benzene ring substituents is 1. The zero-order chi connectivity index (χ0) is 15.1. The fourth-order valence-corrected chi connectivity index (χ4v) is 1.77. The highest BCUT2D eigenvalue weighted by Crippen LogP contribution is 2.15. The molecule has 2 N–H and O–H groups in total. The van der Waals surface area contributed by atoms with Crippen molar-refractivity contribution in [3.05, 3.63) is 70.3 Å². The first-order valence-corrected chi connectivity index (χ1v) is 6.46. The van der Waals surface area contributed by atoms with Crippen LogP contribution in [0.5, 0.6) is 0 Å². The Morgan fingerprint density at radius 1 is 1.14 bits per heavy atom. The topological polar surface area (TPSA) is 79.6 Å². The Kier molecular flexibility index (Phi) is 4.94. The van der Waals surface area contributed by atoms with Crippen LogP contribution in [0, 0.1) is 10.1 Å². The van der Waals surface area contributed by atoms with E-state index in [0.717, 1.165) is 5.69 Å². The summed E-state index contributed by atoms with van der Waals surface area (Å²) in [5.41, 5.74) is 3.83. The maximum atomic E-state index is 10.8. The van der Waals surface area contributed by atoms with E-state index < -0.39 is 4.92 Å². The summed E-state index contributed by atoms with van der Waals surface area (Å²) in [6, 6.07) is 15.7. The van der Waals surface area contributed by atoms with E-state index in [4.69, 9.17) is 12.2 Å². The zero-order valence-corrected chi connectivity index (χ0v) is 11.7. The SMILES string of the molecule is O=[N+]([O-])c1ccccc1/C=N/NC(=S)Nc1ccccc1. The second kappa shape index (κ2) is 7.11. The summed E-state index contributed by atoms with van der Waals surface area (Å²) in [4.78, 5) is 10.4. The third kappa shape index (κ3) is 4.36. The van der Waals surface area contributed by atoms with Gasteiger partial charge in [0.2, 0.25) is 0 Å². The van der Waals surface area contributed by atoms with Gasteiger partial charge in [-0.1, -0.05) is 30.3 Å². The Balaban J connectivity index is 1.97. The van der Waals surface area contributed by atoms with Crippen LogP contribution in [0.25, 0.3) is 0 Å². The lowest BCUT2D eigenvalue weighted by molar-refractivity contribution is -0.385. The van der Waals surface area contributed by atoms with Gasteiger partial charge in [0.05, 0.1) is 16.7 Å². The van der Waals surface area contributed by atoms with Crippen LogP contribution < -0.4 is 10.7 Å². The van der Waals surface area contributed by atoms with E-state index in [2.05, 4.69) is 15.8 Å². The third-order valence-corrected chi connectivity index (χ3v) is 2.73. The van der Waals surface area contributed by atoms with E-state index in [1.54, 1.807) is 18.2 Å². The fraction of sp³-hybridized carbons (Fsp3) is 0. The first kappa shape index (κ1) is 14.6. The summed E-state index contributed by atoms with van der Waals surface area (Å²) in [6.07, 6.45) is 1.36. The number of nitrogens with one attached hydrogen (secondary N) is 2. The Bertz CT molecular complexity index is 674. The van der Waals surface area contributed by atoms with Gasteiger partial charge < -0.3 is 5.32 Å². The van der Waals surface area contributed by atoms with Gasteiger partial charge in [0.25, 0.3) is 5.69 Å². The molecule has 0 aliphatic heterocycles. The smallest absolute Gasteiger partial charge is 0.278 e. The van der Waals surface area contributed by atoms with Crippen LogP contribution in [0.1, 0.15) is 5.56 Å². The molecule has 6 nitrogen and oxygen atoms in total. The average Bonchev–Trinajstić information content (AvgIpc) is 2.48. The van der Waals surface area contributed by atoms with Crippen molar-refractivity contribution in [1.82, 2.24) is 5.43 Å². The van der Waals surface area contributed by atoms with Crippen LogP contribution in [-0.2, 0) is 0 Å². The monoisotopic (exact) mass is 300 g/mol. The van der Waals surface area contributed by atoms with Gasteiger partial charge >= 0.3 is 0 Å². The summed E-state index contributed by atoms with van der Waals surface area (Å²) in [7, 11) is 0. The summed E-state index contributed by atoms with van der Waals surface area (Å²) >= 11 is 5.07. The van der Waals surface area contributed by atoms with Crippen LogP contribution in [0.15, 0.2) is 59.7 Å². The fourth-order valence-electron chi connectivity index (χ4n) is 1.60. The van der Waals surface area contributed by atoms with E-state index in [1.807, 2.05) is 30.3 Å². The van der Waals surface area contributed by atoms with Crippen LogP contribution >= 0.6 is 12.2 Å². The summed E-state index contributed by atoms with van der Waals surface area (Å²) in [6.45, 7) is 0. The highest BCUT2D eigenvalue weighted by atomic mass is 32.1. The quantitative estimate of drug-likeness (QED) is 0.393. The number of benzene rings is 2. The second-order valence-corrected chi connectivity index (χ2v) is 4.41. The number of nitro groups is 1. The van der Waals surface area contributed by atoms with Crippen molar-refractivity contribution >= 4 is 34.9 Å². The highest BCUT2D eigenvalue weighted by Gasteiger charge is 2.09. The number of hydrogen-bond donors (Lipinski definition) is 2. The van der Waals surface area contributed by atoms with E-state index >= 15 is 0 Å². The molecule has 2 rings (SSSR count). The van der Waals surface area contributed by atoms with Crippen LogP contribution in [0.2, 0.25) is 0 Å². The maximum absolute atomic E-state index is 10.8. The van der Waals surface area contributed by atoms with Gasteiger partial charge in [-0.05, 0) is 30.4 Å². The molecule has 0 spiro atoms. The molecule has 2 aromatic rings. The van der Waals surface area contributed by atoms with Gasteiger partial charge in [-0.15, -0.1) is 0 Å². The molecule has 0 saturated carbocycles. The molecule has 21 heavy (non-hydrogen) atoms. The predicted molar refractivity (Wildman–Crippen MR) is 86.5 cm³/mol. The van der Waals surface area contributed by atoms with Crippen molar-refractivity contribution in [1.29, 1.82) is 0 Å². The van der Waals surface area contributed by atoms with Crippen LogP contribution in [-0.4, -0.2) is 16.3 Å². The summed E-state index contributed by atoms with van der Waals surface area (Å²) in [5.74, 6) is 0. The molecule has 0 bridgehead atoms. The van der Waals surface area contributed by atoms with Crippen molar-refractivity contribution in [2.45, 2.75) is 0 Å². The molecule has 0 atom stereocenters. The molecule has 0 aliphatic carbocycles. The molecule has 0 heterocycles. The standard InChI is InChI=1S/C14H12N4O2S/c19-18(20)13-9-5-4-6-11(13)10-15-17-14(21)16-12-7-2-1-3-8-12/h1-10H,(H2,16,17,21)/b15-10+. The van der Waals surface area contributed by atoms with Crippen molar-refractivity contribution in [3.8, 4) is 0 Å². The van der Waals surface area contributed by atoms with Crippen molar-refractivity contribution < 1.29 is 4.92 Å². The number of hydrazone groups is 1. The van der Waals surface area contributed by atoms with Gasteiger partial charge in [-0.25, -0.2) is 0 Å². The Morgan fingerprint density at radius 2 is 1.81 bits per heavy atom. The Labute approximate surface area is 126 Å². The second-order valence-electron chi connectivity index (χ2n) is 4.01. The number of hydrogen-bond acceptors (Lipinski definition) is 4. The molecular weight excluding hydrogens is 288 g/mol. The minimum Gasteiger partial charge on any atom is -0.331 e. The highest BCUT2D eigenvalue weighted by molar-refractivity contribution is 7.80. The molecule has 0 saturated heterocycles. The first-order chi connectivity index (χ1) is 10.2. The van der Waals surface area contributed by atoms with Crippen molar-refractivity contribution in [2.24, 2.45) is 5.10 Å². The minimum atomic E-state index is -0.456. The number of anilines is 1. The van der Waals surface area contributed by atoms with Gasteiger partial charge in [-0.2, -0.15) is 5.10 Å². The van der Waals surface area contributed by atoms with Gasteiger partial charge in [-0.3, -0.25) is 15.5 Å². The van der Waals surface area contributed by atoms with Crippen LogP contribution in [0.3, 0.4) is 0 Å². The largest absolute Gasteiger partial charge is 0.331 e. The van der Waals surface area contributed by atoms with E-state index in [-0.39, 0.29) is 5.69 Å². The first-order valence-electron chi connectivity index (χ1n) is 6.05. The van der Waals surface area contributed by atoms with Crippen LogP contribution in [0.4, 0.5) is 11.4 Å². The Hall–Kier alpha value is -2.80. The molecule has 106 valence electrons. The van der Waals surface area contributed by atoms with Gasteiger partial charge in [0.15, 0.2) is 5.11 Å². The van der Waals surface area contributed by atoms with E-state index in [9.17, 15) is 10.1 Å². The normalized spacial score (nSPS) is 10.3. The minimum absolute atomic E-state index is 0.00927. The van der Waals surface area contributed by atoms with E-state index in [1.165, 1.54) is 12.3 Å². The molecular formula is C14H12N4O2S. The number of thiocarbonyl (C=S) groups is 1. The molecule has 0 radical (unpaired) electrons. The van der Waals surface area contributed by atoms with Gasteiger partial charge in [0, 0.05) is 11.8 Å². The lowest BCUT2D eigenvalue weighted by Crippen LogP contribution is -2.23. The molecule has 0 aromatic heterocycles. The van der Waals surface area contributed by atoms with E-state index in [0.29, 0.717) is 10.7 Å². The molecule has 0 amide bonds. The Morgan fingerprint density at radius 3 is 2.52 bits per heavy atom. The summed E-state index contributed by atoms with van der Waals surface area (Å²) < 4.78 is 0. The molecule has 0 aliphatic rings.